The normalized spacial score (nSPS) is 16.4. The van der Waals surface area contributed by atoms with Gasteiger partial charge in [0, 0.05) is 24.7 Å². The van der Waals surface area contributed by atoms with Crippen molar-refractivity contribution >= 4 is 21.6 Å². The van der Waals surface area contributed by atoms with Crippen LogP contribution in [0, 0.1) is 19.8 Å². The van der Waals surface area contributed by atoms with Crippen LogP contribution < -0.4 is 5.32 Å². The summed E-state index contributed by atoms with van der Waals surface area (Å²) in [6, 6.07) is 14.5. The van der Waals surface area contributed by atoms with Gasteiger partial charge in [-0.05, 0) is 62.1 Å². The fraction of sp³-hybridized carbons (Fsp3) is 0.350. The second-order valence-corrected chi connectivity index (χ2v) is 8.72. The summed E-state index contributed by atoms with van der Waals surface area (Å²) >= 11 is 0. The number of anilines is 1. The van der Waals surface area contributed by atoms with Gasteiger partial charge in [-0.1, -0.05) is 24.3 Å². The highest BCUT2D eigenvalue weighted by Crippen LogP contribution is 2.26. The first-order valence-corrected chi connectivity index (χ1v) is 10.3. The fourth-order valence-corrected chi connectivity index (χ4v) is 4.70. The van der Waals surface area contributed by atoms with E-state index in [1.807, 2.05) is 50.2 Å². The van der Waals surface area contributed by atoms with E-state index in [1.54, 1.807) is 12.1 Å². The summed E-state index contributed by atoms with van der Waals surface area (Å²) in [5.41, 5.74) is 2.80. The maximum absolute atomic E-state index is 12.8. The van der Waals surface area contributed by atoms with Crippen molar-refractivity contribution in [1.82, 2.24) is 4.31 Å². The zero-order valence-corrected chi connectivity index (χ0v) is 15.9. The first-order valence-electron chi connectivity index (χ1n) is 8.81. The largest absolute Gasteiger partial charge is 0.326 e. The number of hydrogen-bond donors (Lipinski definition) is 1. The van der Waals surface area contributed by atoms with Crippen molar-refractivity contribution in [2.45, 2.75) is 31.6 Å². The molecule has 3 rings (SSSR count). The average molecular weight is 372 g/mol. The molecule has 2 aromatic rings. The number of para-hydroxylation sites is 1. The Labute approximate surface area is 155 Å². The molecule has 0 radical (unpaired) electrons. The van der Waals surface area contributed by atoms with E-state index in [2.05, 4.69) is 5.32 Å². The van der Waals surface area contributed by atoms with Gasteiger partial charge in [0.25, 0.3) is 0 Å². The summed E-state index contributed by atoms with van der Waals surface area (Å²) in [5.74, 6) is -0.208. The van der Waals surface area contributed by atoms with Gasteiger partial charge in [-0.2, -0.15) is 4.31 Å². The van der Waals surface area contributed by atoms with Crippen LogP contribution in [0.15, 0.2) is 53.4 Å². The number of nitrogens with zero attached hydrogens (tertiary/aromatic N) is 1. The smallest absolute Gasteiger partial charge is 0.243 e. The van der Waals surface area contributed by atoms with Gasteiger partial charge in [0.05, 0.1) is 4.90 Å². The molecule has 2 aromatic carbocycles. The number of nitrogens with one attached hydrogen (secondary N) is 1. The van der Waals surface area contributed by atoms with Crippen molar-refractivity contribution < 1.29 is 13.2 Å². The third kappa shape index (κ3) is 3.97. The van der Waals surface area contributed by atoms with Crippen LogP contribution in [-0.4, -0.2) is 31.7 Å². The molecule has 1 aliphatic heterocycles. The van der Waals surface area contributed by atoms with Crippen LogP contribution in [-0.2, 0) is 14.8 Å². The Balaban J connectivity index is 1.64. The van der Waals surface area contributed by atoms with Crippen LogP contribution in [0.1, 0.15) is 24.0 Å². The highest BCUT2D eigenvalue weighted by Gasteiger charge is 2.32. The fourth-order valence-electron chi connectivity index (χ4n) is 3.15. The van der Waals surface area contributed by atoms with Crippen LogP contribution in [0.5, 0.6) is 0 Å². The summed E-state index contributed by atoms with van der Waals surface area (Å²) in [6.45, 7) is 4.60. The molecule has 0 unspecified atom stereocenters. The maximum atomic E-state index is 12.8. The number of hydrogen-bond acceptors (Lipinski definition) is 3. The Kier molecular flexibility index (Phi) is 5.44. The molecule has 6 heteroatoms. The lowest BCUT2D eigenvalue weighted by Gasteiger charge is -2.30. The zero-order chi connectivity index (χ0) is 18.7. The van der Waals surface area contributed by atoms with E-state index >= 15 is 0 Å². The van der Waals surface area contributed by atoms with E-state index in [0.717, 1.165) is 16.8 Å². The molecule has 5 nitrogen and oxygen atoms in total. The molecule has 1 fully saturated rings. The highest BCUT2D eigenvalue weighted by atomic mass is 32.2. The minimum Gasteiger partial charge on any atom is -0.326 e. The summed E-state index contributed by atoms with van der Waals surface area (Å²) < 4.78 is 27.2. The molecule has 0 bridgehead atoms. The number of aryl methyl sites for hydroxylation is 2. The molecular weight excluding hydrogens is 348 g/mol. The summed E-state index contributed by atoms with van der Waals surface area (Å²) in [4.78, 5) is 12.7. The predicted molar refractivity (Wildman–Crippen MR) is 102 cm³/mol. The SMILES string of the molecule is Cc1ccc(S(=O)(=O)N2CCC(C(=O)Nc3ccccc3)CC2)cc1C. The van der Waals surface area contributed by atoms with E-state index in [1.165, 1.54) is 4.31 Å². The number of amides is 1. The van der Waals surface area contributed by atoms with E-state index in [4.69, 9.17) is 0 Å². The molecule has 1 aliphatic rings. The van der Waals surface area contributed by atoms with Gasteiger partial charge in [-0.15, -0.1) is 0 Å². The number of carbonyl (C=O) groups excluding carboxylic acids is 1. The lowest BCUT2D eigenvalue weighted by Crippen LogP contribution is -2.41. The number of piperidine rings is 1. The Bertz CT molecular complexity index is 887. The molecule has 138 valence electrons. The lowest BCUT2D eigenvalue weighted by molar-refractivity contribution is -0.120. The summed E-state index contributed by atoms with van der Waals surface area (Å²) in [7, 11) is -3.51. The van der Waals surface area contributed by atoms with Gasteiger partial charge in [0.2, 0.25) is 15.9 Å². The molecule has 1 saturated heterocycles. The molecule has 0 saturated carbocycles. The van der Waals surface area contributed by atoms with Gasteiger partial charge in [0.15, 0.2) is 0 Å². The van der Waals surface area contributed by atoms with Crippen LogP contribution in [0.2, 0.25) is 0 Å². The third-order valence-corrected chi connectivity index (χ3v) is 6.88. The van der Waals surface area contributed by atoms with Crippen molar-refractivity contribution in [3.63, 3.8) is 0 Å². The molecule has 0 atom stereocenters. The highest BCUT2D eigenvalue weighted by molar-refractivity contribution is 7.89. The number of rotatable bonds is 4. The van der Waals surface area contributed by atoms with Crippen molar-refractivity contribution in [2.24, 2.45) is 5.92 Å². The predicted octanol–water partition coefficient (Wildman–Crippen LogP) is 3.34. The first kappa shape index (κ1) is 18.6. The monoisotopic (exact) mass is 372 g/mol. The van der Waals surface area contributed by atoms with E-state index in [-0.39, 0.29) is 11.8 Å². The Hall–Kier alpha value is -2.18. The van der Waals surface area contributed by atoms with E-state index in [0.29, 0.717) is 30.8 Å². The molecular formula is C20H24N2O3S. The Morgan fingerprint density at radius 1 is 1.00 bits per heavy atom. The molecule has 26 heavy (non-hydrogen) atoms. The molecule has 1 heterocycles. The average Bonchev–Trinajstić information content (AvgIpc) is 2.65. The quantitative estimate of drug-likeness (QED) is 0.895. The topological polar surface area (TPSA) is 66.5 Å². The lowest BCUT2D eigenvalue weighted by atomic mass is 9.97. The minimum atomic E-state index is -3.51. The number of sulfonamides is 1. The third-order valence-electron chi connectivity index (χ3n) is 4.98. The first-order chi connectivity index (χ1) is 12.4. The van der Waals surface area contributed by atoms with Crippen molar-refractivity contribution in [2.75, 3.05) is 18.4 Å². The van der Waals surface area contributed by atoms with Crippen molar-refractivity contribution in [3.05, 3.63) is 59.7 Å². The van der Waals surface area contributed by atoms with E-state index < -0.39 is 10.0 Å². The summed E-state index contributed by atoms with van der Waals surface area (Å²) in [5, 5.41) is 2.90. The van der Waals surface area contributed by atoms with E-state index in [9.17, 15) is 13.2 Å². The molecule has 0 spiro atoms. The van der Waals surface area contributed by atoms with Gasteiger partial charge < -0.3 is 5.32 Å². The van der Waals surface area contributed by atoms with Gasteiger partial charge in [0.1, 0.15) is 0 Å². The Morgan fingerprint density at radius 2 is 1.65 bits per heavy atom. The number of benzene rings is 2. The van der Waals surface area contributed by atoms with Gasteiger partial charge in [-0.25, -0.2) is 8.42 Å². The maximum Gasteiger partial charge on any atom is 0.243 e. The van der Waals surface area contributed by atoms with Crippen LogP contribution in [0.4, 0.5) is 5.69 Å². The van der Waals surface area contributed by atoms with Crippen LogP contribution in [0.3, 0.4) is 0 Å². The van der Waals surface area contributed by atoms with Crippen molar-refractivity contribution in [1.29, 1.82) is 0 Å². The standard InChI is InChI=1S/C20H24N2O3S/c1-15-8-9-19(14-16(15)2)26(24,25)22-12-10-17(11-13-22)20(23)21-18-6-4-3-5-7-18/h3-9,14,17H,10-13H2,1-2H3,(H,21,23). The van der Waals surface area contributed by atoms with Gasteiger partial charge in [-0.3, -0.25) is 4.79 Å². The second kappa shape index (κ2) is 7.60. The van der Waals surface area contributed by atoms with Gasteiger partial charge >= 0.3 is 0 Å². The summed E-state index contributed by atoms with van der Waals surface area (Å²) in [6.07, 6.45) is 1.06. The second-order valence-electron chi connectivity index (χ2n) is 6.78. The molecule has 0 aliphatic carbocycles. The minimum absolute atomic E-state index is 0.0422. The molecule has 1 N–H and O–H groups in total. The number of carbonyl (C=O) groups is 1. The van der Waals surface area contributed by atoms with Crippen LogP contribution >= 0.6 is 0 Å². The molecule has 1 amide bonds. The zero-order valence-electron chi connectivity index (χ0n) is 15.1. The molecule has 0 aromatic heterocycles. The van der Waals surface area contributed by atoms with Crippen LogP contribution in [0.25, 0.3) is 0 Å². The Morgan fingerprint density at radius 3 is 2.27 bits per heavy atom. The van der Waals surface area contributed by atoms with Crippen molar-refractivity contribution in [3.8, 4) is 0 Å².